The SMILES string of the molecule is CCCC(C)NC(=O)C(C)Oc1ccc2c(c1)CCC2=O. The first-order valence-corrected chi connectivity index (χ1v) is 7.64. The van der Waals surface area contributed by atoms with Crippen molar-refractivity contribution in [3.63, 3.8) is 0 Å². The van der Waals surface area contributed by atoms with E-state index in [1.807, 2.05) is 13.0 Å². The van der Waals surface area contributed by atoms with Crippen molar-refractivity contribution in [2.24, 2.45) is 0 Å². The Bertz CT molecular complexity index is 539. The van der Waals surface area contributed by atoms with Crippen LogP contribution < -0.4 is 10.1 Å². The summed E-state index contributed by atoms with van der Waals surface area (Å²) >= 11 is 0. The van der Waals surface area contributed by atoms with Crippen molar-refractivity contribution in [1.29, 1.82) is 0 Å². The molecule has 1 aromatic rings. The number of nitrogens with one attached hydrogen (secondary N) is 1. The van der Waals surface area contributed by atoms with Gasteiger partial charge in [-0.15, -0.1) is 0 Å². The topological polar surface area (TPSA) is 55.4 Å². The lowest BCUT2D eigenvalue weighted by atomic mass is 10.1. The lowest BCUT2D eigenvalue weighted by molar-refractivity contribution is -0.127. The minimum absolute atomic E-state index is 0.104. The van der Waals surface area contributed by atoms with Crippen LogP contribution in [0.15, 0.2) is 18.2 Å². The number of amides is 1. The van der Waals surface area contributed by atoms with Crippen LogP contribution in [0.3, 0.4) is 0 Å². The Balaban J connectivity index is 1.95. The van der Waals surface area contributed by atoms with Gasteiger partial charge in [-0.3, -0.25) is 9.59 Å². The highest BCUT2D eigenvalue weighted by Crippen LogP contribution is 2.26. The predicted molar refractivity (Wildman–Crippen MR) is 81.7 cm³/mol. The van der Waals surface area contributed by atoms with Crippen LogP contribution in [0, 0.1) is 0 Å². The van der Waals surface area contributed by atoms with Crippen LogP contribution in [0.1, 0.15) is 56.0 Å². The fourth-order valence-corrected chi connectivity index (χ4v) is 2.63. The second-order valence-electron chi connectivity index (χ2n) is 5.70. The molecule has 0 saturated heterocycles. The summed E-state index contributed by atoms with van der Waals surface area (Å²) in [5, 5.41) is 2.94. The number of carbonyl (C=O) groups is 2. The molecule has 4 nitrogen and oxygen atoms in total. The highest BCUT2D eigenvalue weighted by Gasteiger charge is 2.21. The summed E-state index contributed by atoms with van der Waals surface area (Å²) in [6.45, 7) is 5.83. The highest BCUT2D eigenvalue weighted by molar-refractivity contribution is 6.00. The number of rotatable bonds is 6. The van der Waals surface area contributed by atoms with E-state index in [9.17, 15) is 9.59 Å². The molecule has 0 fully saturated rings. The normalized spacial score (nSPS) is 16.2. The number of hydrogen-bond acceptors (Lipinski definition) is 3. The van der Waals surface area contributed by atoms with Crippen molar-refractivity contribution < 1.29 is 14.3 Å². The van der Waals surface area contributed by atoms with Crippen LogP contribution in [0.2, 0.25) is 0 Å². The summed E-state index contributed by atoms with van der Waals surface area (Å²) < 4.78 is 5.69. The van der Waals surface area contributed by atoms with Gasteiger partial charge in [0.2, 0.25) is 0 Å². The van der Waals surface area contributed by atoms with Gasteiger partial charge in [-0.1, -0.05) is 13.3 Å². The molecule has 0 bridgehead atoms. The molecule has 2 unspecified atom stereocenters. The molecule has 1 amide bonds. The summed E-state index contributed by atoms with van der Waals surface area (Å²) in [5.41, 5.74) is 1.81. The number of aryl methyl sites for hydroxylation is 1. The zero-order chi connectivity index (χ0) is 15.4. The van der Waals surface area contributed by atoms with Gasteiger partial charge in [0.1, 0.15) is 5.75 Å². The fraction of sp³-hybridized carbons (Fsp3) is 0.529. The van der Waals surface area contributed by atoms with E-state index in [0.29, 0.717) is 12.2 Å². The van der Waals surface area contributed by atoms with E-state index in [1.54, 1.807) is 19.1 Å². The number of benzene rings is 1. The summed E-state index contributed by atoms with van der Waals surface area (Å²) in [7, 11) is 0. The number of Topliss-reactive ketones (excluding diaryl/α,β-unsaturated/α-hetero) is 1. The summed E-state index contributed by atoms with van der Waals surface area (Å²) in [4.78, 5) is 23.6. The fourth-order valence-electron chi connectivity index (χ4n) is 2.63. The van der Waals surface area contributed by atoms with Gasteiger partial charge < -0.3 is 10.1 Å². The molecule has 1 aromatic carbocycles. The largest absolute Gasteiger partial charge is 0.481 e. The number of carbonyl (C=O) groups excluding carboxylic acids is 2. The molecule has 2 rings (SSSR count). The van der Waals surface area contributed by atoms with Gasteiger partial charge >= 0.3 is 0 Å². The maximum Gasteiger partial charge on any atom is 0.260 e. The molecule has 21 heavy (non-hydrogen) atoms. The van der Waals surface area contributed by atoms with Crippen LogP contribution in [-0.2, 0) is 11.2 Å². The highest BCUT2D eigenvalue weighted by atomic mass is 16.5. The monoisotopic (exact) mass is 289 g/mol. The van der Waals surface area contributed by atoms with E-state index >= 15 is 0 Å². The quantitative estimate of drug-likeness (QED) is 0.876. The molecule has 0 spiro atoms. The molecule has 0 radical (unpaired) electrons. The molecule has 0 aromatic heterocycles. The third kappa shape index (κ3) is 3.84. The van der Waals surface area contributed by atoms with Crippen molar-refractivity contribution in [1.82, 2.24) is 5.32 Å². The smallest absolute Gasteiger partial charge is 0.260 e. The van der Waals surface area contributed by atoms with E-state index in [1.165, 1.54) is 0 Å². The van der Waals surface area contributed by atoms with Crippen molar-refractivity contribution in [3.05, 3.63) is 29.3 Å². The molecule has 4 heteroatoms. The van der Waals surface area contributed by atoms with Crippen LogP contribution in [-0.4, -0.2) is 23.8 Å². The van der Waals surface area contributed by atoms with E-state index in [-0.39, 0.29) is 17.7 Å². The average Bonchev–Trinajstić information content (AvgIpc) is 2.80. The zero-order valence-corrected chi connectivity index (χ0v) is 12.9. The summed E-state index contributed by atoms with van der Waals surface area (Å²) in [6, 6.07) is 5.59. The first kappa shape index (κ1) is 15.5. The minimum atomic E-state index is -0.542. The van der Waals surface area contributed by atoms with Gasteiger partial charge in [-0.2, -0.15) is 0 Å². The summed E-state index contributed by atoms with van der Waals surface area (Å²) in [5.74, 6) is 0.734. The molecule has 0 heterocycles. The van der Waals surface area contributed by atoms with Gasteiger partial charge in [0.15, 0.2) is 11.9 Å². The third-order valence-electron chi connectivity index (χ3n) is 3.79. The molecular formula is C17H23NO3. The third-order valence-corrected chi connectivity index (χ3v) is 3.79. The standard InChI is InChI=1S/C17H23NO3/c1-4-5-11(2)18-17(20)12(3)21-14-7-8-15-13(10-14)6-9-16(15)19/h7-8,10-12H,4-6,9H2,1-3H3,(H,18,20). The maximum absolute atomic E-state index is 12.0. The van der Waals surface area contributed by atoms with Crippen LogP contribution in [0.25, 0.3) is 0 Å². The number of fused-ring (bicyclic) bond motifs is 1. The van der Waals surface area contributed by atoms with Crippen LogP contribution in [0.4, 0.5) is 0 Å². The molecule has 0 aliphatic heterocycles. The van der Waals surface area contributed by atoms with Crippen molar-refractivity contribution in [2.75, 3.05) is 0 Å². The molecular weight excluding hydrogens is 266 g/mol. The van der Waals surface area contributed by atoms with E-state index < -0.39 is 6.10 Å². The van der Waals surface area contributed by atoms with E-state index in [0.717, 1.165) is 30.4 Å². The van der Waals surface area contributed by atoms with E-state index in [2.05, 4.69) is 12.2 Å². The zero-order valence-electron chi connectivity index (χ0n) is 12.9. The molecule has 1 aliphatic carbocycles. The molecule has 1 aliphatic rings. The summed E-state index contributed by atoms with van der Waals surface area (Å²) in [6.07, 6.45) is 2.79. The molecule has 2 atom stereocenters. The lowest BCUT2D eigenvalue weighted by Gasteiger charge is -2.18. The molecule has 0 saturated carbocycles. The first-order valence-electron chi connectivity index (χ1n) is 7.64. The van der Waals surface area contributed by atoms with Gasteiger partial charge in [0, 0.05) is 18.0 Å². The lowest BCUT2D eigenvalue weighted by Crippen LogP contribution is -2.41. The second kappa shape index (κ2) is 6.74. The van der Waals surface area contributed by atoms with Gasteiger partial charge in [0.05, 0.1) is 0 Å². The average molecular weight is 289 g/mol. The minimum Gasteiger partial charge on any atom is -0.481 e. The number of ether oxygens (including phenoxy) is 1. The van der Waals surface area contributed by atoms with Gasteiger partial charge in [-0.05, 0) is 50.5 Å². The van der Waals surface area contributed by atoms with Gasteiger partial charge in [0.25, 0.3) is 5.91 Å². The van der Waals surface area contributed by atoms with Crippen molar-refractivity contribution >= 4 is 11.7 Å². The predicted octanol–water partition coefficient (Wildman–Crippen LogP) is 2.89. The maximum atomic E-state index is 12.0. The first-order chi connectivity index (χ1) is 10.0. The van der Waals surface area contributed by atoms with Crippen molar-refractivity contribution in [2.45, 2.75) is 58.6 Å². The Kier molecular flexibility index (Phi) is 4.99. The Morgan fingerprint density at radius 2 is 2.10 bits per heavy atom. The number of ketones is 1. The van der Waals surface area contributed by atoms with Gasteiger partial charge in [-0.25, -0.2) is 0 Å². The number of hydrogen-bond donors (Lipinski definition) is 1. The Labute approximate surface area is 125 Å². The molecule has 1 N–H and O–H groups in total. The van der Waals surface area contributed by atoms with E-state index in [4.69, 9.17) is 4.74 Å². The molecule has 114 valence electrons. The van der Waals surface area contributed by atoms with Crippen LogP contribution in [0.5, 0.6) is 5.75 Å². The Morgan fingerprint density at radius 1 is 1.33 bits per heavy atom. The second-order valence-corrected chi connectivity index (χ2v) is 5.70. The van der Waals surface area contributed by atoms with Crippen LogP contribution >= 0.6 is 0 Å². The Hall–Kier alpha value is -1.84. The Morgan fingerprint density at radius 3 is 2.81 bits per heavy atom. The van der Waals surface area contributed by atoms with Crippen molar-refractivity contribution in [3.8, 4) is 5.75 Å².